The fourth-order valence-electron chi connectivity index (χ4n) is 5.37. The molecule has 1 aliphatic heterocycles. The number of anilines is 2. The number of unbranched alkanes of at least 4 members (excludes halogenated alkanes) is 14. The number of rotatable bonds is 19. The Balaban J connectivity index is 0.00000507. The van der Waals surface area contributed by atoms with Crippen molar-refractivity contribution in [3.05, 3.63) is 54.1 Å². The molecule has 1 N–H and O–H groups in total. The molecule has 1 unspecified atom stereocenters. The molecule has 0 aromatic heterocycles. The minimum absolute atomic E-state index is 0. The van der Waals surface area contributed by atoms with Crippen LogP contribution in [0.5, 0.6) is 0 Å². The van der Waals surface area contributed by atoms with Gasteiger partial charge in [0.2, 0.25) is 0 Å². The molecule has 2 aromatic carbocycles. The molecule has 1 heterocycles. The van der Waals surface area contributed by atoms with E-state index in [1.54, 1.807) is 6.07 Å². The average molecular weight is 567 g/mol. The fourth-order valence-corrected chi connectivity index (χ4v) is 5.87. The third kappa shape index (κ3) is 12.0. The third-order valence-electron chi connectivity index (χ3n) is 7.54. The van der Waals surface area contributed by atoms with E-state index in [0.717, 1.165) is 30.8 Å². The molecule has 0 amide bonds. The zero-order chi connectivity index (χ0) is 26.3. The minimum atomic E-state index is -4.47. The number of benzene rings is 2. The van der Waals surface area contributed by atoms with E-state index in [1.807, 2.05) is 18.2 Å². The molecule has 0 fully saturated rings. The predicted molar refractivity (Wildman–Crippen MR) is 154 cm³/mol. The maximum absolute atomic E-state index is 11.5. The number of hydrogen-bond acceptors (Lipinski definition) is 5. The smallest absolute Gasteiger partial charge is 0.744 e. The summed E-state index contributed by atoms with van der Waals surface area (Å²) in [4.78, 5) is 2.13. The molecule has 206 valence electrons. The maximum Gasteiger partial charge on any atom is 1.00 e. The number of nitrogens with zero attached hydrogens (tertiary/aromatic N) is 1. The molecule has 0 saturated heterocycles. The molecule has 1 aliphatic rings. The van der Waals surface area contributed by atoms with E-state index in [0.29, 0.717) is 0 Å². The second kappa shape index (κ2) is 18.8. The quantitative estimate of drug-likeness (QED) is 0.136. The van der Waals surface area contributed by atoms with Crippen LogP contribution in [-0.2, 0) is 16.7 Å². The molecule has 0 aliphatic carbocycles. The molecule has 0 radical (unpaired) electrons. The first kappa shape index (κ1) is 33.8. The second-order valence-electron chi connectivity index (χ2n) is 10.6. The molecule has 0 bridgehead atoms. The predicted octanol–water partition coefficient (Wildman–Crippen LogP) is 5.61. The molecule has 0 spiro atoms. The van der Waals surface area contributed by atoms with E-state index in [2.05, 4.69) is 29.3 Å². The molecule has 1 atom stereocenters. The van der Waals surface area contributed by atoms with Gasteiger partial charge in [-0.3, -0.25) is 0 Å². The van der Waals surface area contributed by atoms with Gasteiger partial charge in [-0.05, 0) is 36.6 Å². The Morgan fingerprint density at radius 1 is 0.763 bits per heavy atom. The van der Waals surface area contributed by atoms with Crippen molar-refractivity contribution in [1.82, 2.24) is 0 Å². The van der Waals surface area contributed by atoms with E-state index >= 15 is 0 Å². The van der Waals surface area contributed by atoms with Crippen molar-refractivity contribution in [1.29, 1.82) is 0 Å². The summed E-state index contributed by atoms with van der Waals surface area (Å²) in [6.07, 6.45) is 21.3. The summed E-state index contributed by atoms with van der Waals surface area (Å²) >= 11 is 0. The van der Waals surface area contributed by atoms with Crippen LogP contribution in [0.3, 0.4) is 0 Å². The zero-order valence-corrected chi connectivity index (χ0v) is 27.7. The van der Waals surface area contributed by atoms with Crippen LogP contribution in [0.25, 0.3) is 0 Å². The van der Waals surface area contributed by atoms with Gasteiger partial charge in [-0.2, -0.15) is 0 Å². The largest absolute Gasteiger partial charge is 1.00 e. The van der Waals surface area contributed by atoms with Gasteiger partial charge in [-0.1, -0.05) is 127 Å². The van der Waals surface area contributed by atoms with Crippen LogP contribution in [0.4, 0.5) is 11.4 Å². The van der Waals surface area contributed by atoms with Crippen molar-refractivity contribution in [2.75, 3.05) is 10.2 Å². The van der Waals surface area contributed by atoms with E-state index < -0.39 is 10.1 Å². The van der Waals surface area contributed by atoms with Gasteiger partial charge in [-0.15, -0.1) is 0 Å². The molecular formula is C31H47KN2O3S. The van der Waals surface area contributed by atoms with Crippen molar-refractivity contribution >= 4 is 21.5 Å². The van der Waals surface area contributed by atoms with E-state index in [-0.39, 0.29) is 62.4 Å². The summed E-state index contributed by atoms with van der Waals surface area (Å²) in [6.45, 7) is 3.02. The van der Waals surface area contributed by atoms with Crippen molar-refractivity contribution in [3.8, 4) is 0 Å². The van der Waals surface area contributed by atoms with Crippen molar-refractivity contribution in [2.24, 2.45) is 0 Å². The van der Waals surface area contributed by atoms with E-state index in [4.69, 9.17) is 0 Å². The normalized spacial score (nSPS) is 14.7. The molecular weight excluding hydrogens is 520 g/mol. The minimum Gasteiger partial charge on any atom is -0.744 e. The van der Waals surface area contributed by atoms with Crippen LogP contribution in [0.2, 0.25) is 0 Å². The summed E-state index contributed by atoms with van der Waals surface area (Å²) < 4.78 is 34.6. The van der Waals surface area contributed by atoms with Gasteiger partial charge in [-0.25, -0.2) is 8.42 Å². The Bertz CT molecular complexity index is 1020. The van der Waals surface area contributed by atoms with Crippen molar-refractivity contribution in [3.63, 3.8) is 0 Å². The Hall–Kier alpha value is -0.414. The van der Waals surface area contributed by atoms with Crippen LogP contribution in [0, 0.1) is 0 Å². The standard InChI is InChI=1S/C31H48N2O3S.K/c1-2-3-4-5-6-7-8-9-10-11-12-13-14-15-19-22-31-32-29-25-28(37(34,35)36)23-24-30(29)33(31)26-27-20-17-16-18-21-27;/h16-18,20-21,23-25,31-32H,2-15,19,22,26H2,1H3,(H,34,35,36);/q;+1/p-1. The van der Waals surface area contributed by atoms with Crippen LogP contribution in [-0.4, -0.2) is 19.1 Å². The SMILES string of the molecule is CCCCCCCCCCCCCCCCCC1Nc2cc(S(=O)(=O)[O-])ccc2N1Cc1ccccc1.[K+]. The topological polar surface area (TPSA) is 72.5 Å². The molecule has 2 aromatic rings. The first-order valence-electron chi connectivity index (χ1n) is 14.7. The summed E-state index contributed by atoms with van der Waals surface area (Å²) in [5.74, 6) is 0. The van der Waals surface area contributed by atoms with Crippen LogP contribution < -0.4 is 61.6 Å². The van der Waals surface area contributed by atoms with Crippen molar-refractivity contribution < 1.29 is 64.4 Å². The van der Waals surface area contributed by atoms with Gasteiger partial charge in [0.05, 0.1) is 22.4 Å². The van der Waals surface area contributed by atoms with Crippen LogP contribution in [0.1, 0.15) is 115 Å². The maximum atomic E-state index is 11.5. The van der Waals surface area contributed by atoms with Gasteiger partial charge >= 0.3 is 51.4 Å². The Morgan fingerprint density at radius 2 is 1.29 bits per heavy atom. The van der Waals surface area contributed by atoms with Gasteiger partial charge in [0.25, 0.3) is 0 Å². The average Bonchev–Trinajstić information content (AvgIpc) is 3.23. The van der Waals surface area contributed by atoms with Crippen molar-refractivity contribution in [2.45, 2.75) is 127 Å². The Labute approximate surface area is 274 Å². The number of fused-ring (bicyclic) bond motifs is 1. The number of hydrogen-bond donors (Lipinski definition) is 1. The monoisotopic (exact) mass is 566 g/mol. The molecule has 5 nitrogen and oxygen atoms in total. The molecule has 7 heteroatoms. The Kier molecular flexibility index (Phi) is 16.8. The third-order valence-corrected chi connectivity index (χ3v) is 8.37. The van der Waals surface area contributed by atoms with Gasteiger partial charge in [0.1, 0.15) is 10.1 Å². The van der Waals surface area contributed by atoms with Crippen LogP contribution >= 0.6 is 0 Å². The summed E-state index contributed by atoms with van der Waals surface area (Å²) in [5, 5.41) is 3.49. The summed E-state index contributed by atoms with van der Waals surface area (Å²) in [7, 11) is -4.47. The molecule has 38 heavy (non-hydrogen) atoms. The van der Waals surface area contributed by atoms with E-state index in [9.17, 15) is 13.0 Å². The first-order valence-corrected chi connectivity index (χ1v) is 16.1. The number of nitrogens with one attached hydrogen (secondary N) is 1. The molecule has 0 saturated carbocycles. The van der Waals surface area contributed by atoms with E-state index in [1.165, 1.54) is 108 Å². The van der Waals surface area contributed by atoms with Gasteiger partial charge in [0.15, 0.2) is 0 Å². The summed E-state index contributed by atoms with van der Waals surface area (Å²) in [6, 6.07) is 15.0. The fraction of sp³-hybridized carbons (Fsp3) is 0.613. The Morgan fingerprint density at radius 3 is 1.82 bits per heavy atom. The second-order valence-corrected chi connectivity index (χ2v) is 12.0. The van der Waals surface area contributed by atoms with Gasteiger partial charge < -0.3 is 14.8 Å². The van der Waals surface area contributed by atoms with Crippen LogP contribution in [0.15, 0.2) is 53.4 Å². The summed E-state index contributed by atoms with van der Waals surface area (Å²) in [5.41, 5.74) is 2.90. The van der Waals surface area contributed by atoms with Gasteiger partial charge in [0, 0.05) is 6.54 Å². The molecule has 3 rings (SSSR count). The zero-order valence-electron chi connectivity index (χ0n) is 23.8. The first-order chi connectivity index (χ1) is 18.0.